The third-order valence-corrected chi connectivity index (χ3v) is 6.64. The molecule has 1 heterocycles. The van der Waals surface area contributed by atoms with E-state index in [0.717, 1.165) is 34.3 Å². The van der Waals surface area contributed by atoms with Gasteiger partial charge in [0, 0.05) is 0 Å². The Balaban J connectivity index is 1.54. The maximum absolute atomic E-state index is 6.62. The maximum Gasteiger partial charge on any atom is 0.130 e. The van der Waals surface area contributed by atoms with Gasteiger partial charge in [0.05, 0.1) is 22.6 Å². The van der Waals surface area contributed by atoms with Gasteiger partial charge in [0.2, 0.25) is 0 Å². The second kappa shape index (κ2) is 6.77. The predicted molar refractivity (Wildman–Crippen MR) is 110 cm³/mol. The van der Waals surface area contributed by atoms with Crippen LogP contribution in [-0.4, -0.2) is 4.98 Å². The number of anilines is 3. The fourth-order valence-corrected chi connectivity index (χ4v) is 5.66. The van der Waals surface area contributed by atoms with Gasteiger partial charge in [0.15, 0.2) is 0 Å². The summed E-state index contributed by atoms with van der Waals surface area (Å²) in [5.74, 6) is 3.39. The highest BCUT2D eigenvalue weighted by atomic mass is 35.5. The van der Waals surface area contributed by atoms with E-state index >= 15 is 0 Å². The van der Waals surface area contributed by atoms with E-state index in [2.05, 4.69) is 42.3 Å². The Kier molecular flexibility index (Phi) is 4.60. The van der Waals surface area contributed by atoms with Crippen LogP contribution in [0, 0.1) is 17.8 Å². The molecule has 4 rings (SSSR count). The quantitative estimate of drug-likeness (QED) is 0.680. The van der Waals surface area contributed by atoms with Gasteiger partial charge in [-0.1, -0.05) is 31.5 Å². The largest absolute Gasteiger partial charge is 0.397 e. The average Bonchev–Trinajstić information content (AvgIpc) is 2.57. The molecule has 2 fully saturated rings. The highest BCUT2D eigenvalue weighted by Crippen LogP contribution is 2.51. The molecule has 0 saturated heterocycles. The van der Waals surface area contributed by atoms with E-state index in [1.54, 1.807) is 6.20 Å². The van der Waals surface area contributed by atoms with E-state index in [0.29, 0.717) is 5.69 Å². The molecule has 2 saturated carbocycles. The Morgan fingerprint density at radius 1 is 1.12 bits per heavy atom. The van der Waals surface area contributed by atoms with Gasteiger partial charge in [-0.2, -0.15) is 0 Å². The Morgan fingerprint density at radius 3 is 2.46 bits per heavy atom. The lowest BCUT2D eigenvalue weighted by Gasteiger charge is -2.47. The van der Waals surface area contributed by atoms with Crippen molar-refractivity contribution in [2.24, 2.45) is 17.8 Å². The Morgan fingerprint density at radius 2 is 1.85 bits per heavy atom. The van der Waals surface area contributed by atoms with Crippen LogP contribution in [0.25, 0.3) is 0 Å². The molecule has 2 aliphatic carbocycles. The highest BCUT2D eigenvalue weighted by Gasteiger charge is 2.41. The van der Waals surface area contributed by atoms with E-state index in [9.17, 15) is 0 Å². The number of nitrogens with zero attached hydrogens (tertiary/aromatic N) is 1. The van der Waals surface area contributed by atoms with Crippen molar-refractivity contribution in [3.05, 3.63) is 47.1 Å². The summed E-state index contributed by atoms with van der Waals surface area (Å²) in [5, 5.41) is 4.05. The lowest BCUT2D eigenvalue weighted by Crippen LogP contribution is -2.38. The first-order chi connectivity index (χ1) is 12.4. The first-order valence-corrected chi connectivity index (χ1v) is 10.1. The molecule has 3 N–H and O–H groups in total. The van der Waals surface area contributed by atoms with Crippen LogP contribution in [0.4, 0.5) is 17.2 Å². The fraction of sp³-hybridized carbons (Fsp3) is 0.500. The van der Waals surface area contributed by atoms with Gasteiger partial charge >= 0.3 is 0 Å². The van der Waals surface area contributed by atoms with E-state index in [1.165, 1.54) is 37.7 Å². The molecule has 3 nitrogen and oxygen atoms in total. The van der Waals surface area contributed by atoms with Crippen LogP contribution in [0.5, 0.6) is 0 Å². The Hall–Kier alpha value is -1.74. The lowest BCUT2D eigenvalue weighted by molar-refractivity contribution is 0.0899. The number of rotatable bonds is 3. The molecular formula is C22H28ClN3. The summed E-state index contributed by atoms with van der Waals surface area (Å²) in [5.41, 5.74) is 8.86. The number of nitrogens with two attached hydrogens (primary N) is 1. The van der Waals surface area contributed by atoms with Crippen LogP contribution in [0.1, 0.15) is 51.5 Å². The summed E-state index contributed by atoms with van der Waals surface area (Å²) in [6, 6.07) is 10.2. The van der Waals surface area contributed by atoms with Gasteiger partial charge in [-0.05, 0) is 85.1 Å². The summed E-state index contributed by atoms with van der Waals surface area (Å²) >= 11 is 6.62. The molecule has 26 heavy (non-hydrogen) atoms. The minimum absolute atomic E-state index is 0.245. The molecule has 0 amide bonds. The van der Waals surface area contributed by atoms with Crippen LogP contribution < -0.4 is 11.1 Å². The number of halogens is 1. The average molecular weight is 370 g/mol. The molecule has 138 valence electrons. The van der Waals surface area contributed by atoms with Crippen molar-refractivity contribution in [1.29, 1.82) is 0 Å². The summed E-state index contributed by atoms with van der Waals surface area (Å²) < 4.78 is 0. The van der Waals surface area contributed by atoms with Crippen molar-refractivity contribution in [2.45, 2.75) is 51.4 Å². The summed E-state index contributed by atoms with van der Waals surface area (Å²) in [4.78, 5) is 4.29. The maximum atomic E-state index is 6.62. The minimum Gasteiger partial charge on any atom is -0.397 e. The molecule has 4 heteroatoms. The molecule has 0 spiro atoms. The predicted octanol–water partition coefficient (Wildman–Crippen LogP) is 6.16. The molecular weight excluding hydrogens is 342 g/mol. The van der Waals surface area contributed by atoms with Gasteiger partial charge < -0.3 is 11.1 Å². The summed E-state index contributed by atoms with van der Waals surface area (Å²) in [6.07, 6.45) is 8.43. The number of nitrogens with one attached hydrogen (secondary N) is 1. The van der Waals surface area contributed by atoms with Crippen molar-refractivity contribution in [3.8, 4) is 0 Å². The molecule has 2 aromatic rings. The molecule has 2 aliphatic rings. The normalized spacial score (nSPS) is 30.8. The molecule has 0 radical (unpaired) electrons. The first-order valence-electron chi connectivity index (χ1n) is 9.70. The van der Waals surface area contributed by atoms with Crippen LogP contribution in [0.15, 0.2) is 36.5 Å². The number of pyridine rings is 1. The topological polar surface area (TPSA) is 50.9 Å². The van der Waals surface area contributed by atoms with Crippen molar-refractivity contribution >= 4 is 28.8 Å². The smallest absolute Gasteiger partial charge is 0.130 e. The number of aromatic nitrogens is 1. The number of hydrogen-bond donors (Lipinski definition) is 2. The van der Waals surface area contributed by atoms with E-state index in [1.807, 2.05) is 12.1 Å². The molecule has 2 bridgehead atoms. The Labute approximate surface area is 161 Å². The van der Waals surface area contributed by atoms with Gasteiger partial charge in [-0.3, -0.25) is 0 Å². The SMILES string of the molecule is CC1CC2CC(C1)CC(C)(c1ccc(Nc3ccc(N)cn3)c(Cl)c1)C2. The van der Waals surface area contributed by atoms with Gasteiger partial charge in [0.25, 0.3) is 0 Å². The van der Waals surface area contributed by atoms with Crippen molar-refractivity contribution in [2.75, 3.05) is 11.1 Å². The van der Waals surface area contributed by atoms with Crippen molar-refractivity contribution in [3.63, 3.8) is 0 Å². The number of fused-ring (bicyclic) bond motifs is 2. The standard InChI is InChI=1S/C22H28ClN3/c1-14-7-15-9-16(8-14)12-22(2,11-15)17-3-5-20(19(23)10-17)26-21-6-4-18(24)13-25-21/h3-6,10,13-16H,7-9,11-12,24H2,1-2H3,(H,25,26). The third kappa shape index (κ3) is 3.55. The second-order valence-corrected chi connectivity index (χ2v) is 9.22. The Bertz CT molecular complexity index is 768. The lowest BCUT2D eigenvalue weighted by atomic mass is 9.57. The molecule has 1 aromatic carbocycles. The second-order valence-electron chi connectivity index (χ2n) is 8.81. The van der Waals surface area contributed by atoms with Crippen molar-refractivity contribution < 1.29 is 0 Å². The van der Waals surface area contributed by atoms with Crippen LogP contribution in [0.2, 0.25) is 5.02 Å². The molecule has 2 atom stereocenters. The molecule has 0 aliphatic heterocycles. The minimum atomic E-state index is 0.245. The van der Waals surface area contributed by atoms with E-state index in [4.69, 9.17) is 17.3 Å². The van der Waals surface area contributed by atoms with Gasteiger partial charge in [-0.15, -0.1) is 0 Å². The number of hydrogen-bond acceptors (Lipinski definition) is 3. The third-order valence-electron chi connectivity index (χ3n) is 6.33. The van der Waals surface area contributed by atoms with Crippen LogP contribution in [0.3, 0.4) is 0 Å². The fourth-order valence-electron chi connectivity index (χ4n) is 5.43. The van der Waals surface area contributed by atoms with Crippen LogP contribution >= 0.6 is 11.6 Å². The zero-order chi connectivity index (χ0) is 18.3. The zero-order valence-electron chi connectivity index (χ0n) is 15.6. The summed E-state index contributed by atoms with van der Waals surface area (Å²) in [6.45, 7) is 4.85. The van der Waals surface area contributed by atoms with E-state index in [-0.39, 0.29) is 5.41 Å². The summed E-state index contributed by atoms with van der Waals surface area (Å²) in [7, 11) is 0. The van der Waals surface area contributed by atoms with Crippen molar-refractivity contribution in [1.82, 2.24) is 4.98 Å². The molecule has 2 unspecified atom stereocenters. The van der Waals surface area contributed by atoms with Gasteiger partial charge in [0.1, 0.15) is 5.82 Å². The number of nitrogen functional groups attached to an aromatic ring is 1. The van der Waals surface area contributed by atoms with Gasteiger partial charge in [-0.25, -0.2) is 4.98 Å². The monoisotopic (exact) mass is 369 g/mol. The zero-order valence-corrected chi connectivity index (χ0v) is 16.4. The molecule has 1 aromatic heterocycles. The highest BCUT2D eigenvalue weighted by molar-refractivity contribution is 6.33. The number of benzene rings is 1. The van der Waals surface area contributed by atoms with E-state index < -0.39 is 0 Å². The first kappa shape index (κ1) is 17.7. The van der Waals surface area contributed by atoms with Crippen LogP contribution in [-0.2, 0) is 5.41 Å².